The highest BCUT2D eigenvalue weighted by atomic mass is 16.5. The number of Topliss-reactive ketones (excluding diaryl/α,β-unsaturated/α-hetero) is 1. The summed E-state index contributed by atoms with van der Waals surface area (Å²) in [5.41, 5.74) is 1.54. The van der Waals surface area contributed by atoms with E-state index in [4.69, 9.17) is 9.15 Å². The number of hydrogen-bond donors (Lipinski definition) is 1. The van der Waals surface area contributed by atoms with Crippen molar-refractivity contribution in [2.24, 2.45) is 5.41 Å². The first-order valence-electron chi connectivity index (χ1n) is 10.0. The molecule has 1 amide bonds. The van der Waals surface area contributed by atoms with E-state index in [1.165, 1.54) is 18.2 Å². The predicted octanol–water partition coefficient (Wildman–Crippen LogP) is 4.26. The number of amides is 1. The number of anilines is 1. The zero-order valence-corrected chi connectivity index (χ0v) is 18.2. The molecule has 0 bridgehead atoms. The Morgan fingerprint density at radius 2 is 1.97 bits per heavy atom. The lowest BCUT2D eigenvalue weighted by Gasteiger charge is -2.29. The summed E-state index contributed by atoms with van der Waals surface area (Å²) in [5.74, 6) is -1.36. The van der Waals surface area contributed by atoms with Crippen LogP contribution >= 0.6 is 0 Å². The Balaban J connectivity index is 1.86. The van der Waals surface area contributed by atoms with Crippen LogP contribution in [0, 0.1) is 5.41 Å². The minimum absolute atomic E-state index is 0.00714. The number of aromatic nitrogens is 2. The van der Waals surface area contributed by atoms with Crippen molar-refractivity contribution in [2.75, 3.05) is 12.0 Å². The molecule has 8 heteroatoms. The number of furan rings is 1. The van der Waals surface area contributed by atoms with E-state index in [2.05, 4.69) is 9.97 Å². The lowest BCUT2D eigenvalue weighted by Crippen LogP contribution is -2.33. The first kappa shape index (κ1) is 21.3. The maximum absolute atomic E-state index is 13.3. The van der Waals surface area contributed by atoms with Crippen molar-refractivity contribution < 1.29 is 23.8 Å². The van der Waals surface area contributed by atoms with Crippen LogP contribution in [0.15, 0.2) is 71.0 Å². The number of pyridine rings is 2. The van der Waals surface area contributed by atoms with E-state index in [0.717, 1.165) is 5.56 Å². The Morgan fingerprint density at radius 1 is 1.19 bits per heavy atom. The molecule has 3 aromatic rings. The van der Waals surface area contributed by atoms with Gasteiger partial charge in [-0.15, -0.1) is 0 Å². The summed E-state index contributed by atoms with van der Waals surface area (Å²) in [7, 11) is 1.46. The average molecular weight is 433 g/mol. The van der Waals surface area contributed by atoms with E-state index >= 15 is 0 Å². The normalized spacial score (nSPS) is 16.6. The molecule has 1 N–H and O–H groups in total. The first-order chi connectivity index (χ1) is 15.2. The molecular weight excluding hydrogens is 410 g/mol. The molecule has 0 aliphatic carbocycles. The van der Waals surface area contributed by atoms with Crippen molar-refractivity contribution in [1.82, 2.24) is 9.97 Å². The summed E-state index contributed by atoms with van der Waals surface area (Å²) in [6, 6.07) is 7.72. The molecule has 0 spiro atoms. The second-order valence-electron chi connectivity index (χ2n) is 8.43. The fourth-order valence-corrected chi connectivity index (χ4v) is 3.69. The van der Waals surface area contributed by atoms with Crippen LogP contribution in [0.25, 0.3) is 11.3 Å². The zero-order valence-electron chi connectivity index (χ0n) is 18.2. The van der Waals surface area contributed by atoms with E-state index in [1.807, 2.05) is 0 Å². The number of carbonyl (C=O) groups excluding carboxylic acids is 2. The molecule has 32 heavy (non-hydrogen) atoms. The van der Waals surface area contributed by atoms with Crippen molar-refractivity contribution in [3.05, 3.63) is 72.1 Å². The Bertz CT molecular complexity index is 1190. The van der Waals surface area contributed by atoms with Gasteiger partial charge in [-0.2, -0.15) is 0 Å². The molecule has 0 aromatic carbocycles. The minimum Gasteiger partial charge on any atom is -0.503 e. The maximum atomic E-state index is 13.3. The Labute approximate surface area is 185 Å². The van der Waals surface area contributed by atoms with Gasteiger partial charge in [-0.05, 0) is 30.3 Å². The lowest BCUT2D eigenvalue weighted by molar-refractivity contribution is -0.123. The molecule has 0 saturated carbocycles. The van der Waals surface area contributed by atoms with Crippen LogP contribution in [0.5, 0.6) is 5.88 Å². The smallest absolute Gasteiger partial charge is 0.294 e. The van der Waals surface area contributed by atoms with E-state index in [0.29, 0.717) is 16.9 Å². The first-order valence-corrected chi connectivity index (χ1v) is 10.0. The molecule has 1 aliphatic heterocycles. The molecule has 1 atom stereocenters. The van der Waals surface area contributed by atoms with Gasteiger partial charge >= 0.3 is 0 Å². The molecule has 4 heterocycles. The Morgan fingerprint density at radius 3 is 2.56 bits per heavy atom. The molecule has 1 aliphatic rings. The summed E-state index contributed by atoms with van der Waals surface area (Å²) in [5, 5.41) is 10.8. The summed E-state index contributed by atoms with van der Waals surface area (Å²) >= 11 is 0. The molecule has 0 fully saturated rings. The number of ether oxygens (including phenoxy) is 1. The quantitative estimate of drug-likeness (QED) is 0.641. The third-order valence-electron chi connectivity index (χ3n) is 5.27. The Hall–Kier alpha value is -3.94. The Kier molecular flexibility index (Phi) is 5.30. The average Bonchev–Trinajstić information content (AvgIpc) is 3.40. The van der Waals surface area contributed by atoms with Gasteiger partial charge in [0, 0.05) is 22.7 Å². The van der Waals surface area contributed by atoms with Crippen LogP contribution in [-0.2, 0) is 9.59 Å². The van der Waals surface area contributed by atoms with Crippen LogP contribution in [-0.4, -0.2) is 33.9 Å². The number of rotatable bonds is 5. The van der Waals surface area contributed by atoms with Crippen LogP contribution in [0.2, 0.25) is 0 Å². The summed E-state index contributed by atoms with van der Waals surface area (Å²) in [6.07, 6.45) is 6.19. The molecule has 3 aromatic heterocycles. The van der Waals surface area contributed by atoms with Crippen LogP contribution in [0.4, 0.5) is 5.69 Å². The van der Waals surface area contributed by atoms with Crippen molar-refractivity contribution in [1.29, 1.82) is 0 Å². The summed E-state index contributed by atoms with van der Waals surface area (Å²) < 4.78 is 10.5. The number of hydrogen-bond acceptors (Lipinski definition) is 7. The van der Waals surface area contributed by atoms with Crippen LogP contribution in [0.3, 0.4) is 0 Å². The number of nitrogens with zero attached hydrogens (tertiary/aromatic N) is 3. The fourth-order valence-electron chi connectivity index (χ4n) is 3.69. The monoisotopic (exact) mass is 433 g/mol. The largest absolute Gasteiger partial charge is 0.503 e. The van der Waals surface area contributed by atoms with E-state index in [1.54, 1.807) is 69.8 Å². The molecule has 0 radical (unpaired) electrons. The highest BCUT2D eigenvalue weighted by Gasteiger charge is 2.47. The number of aliphatic hydroxyl groups excluding tert-OH is 1. The highest BCUT2D eigenvalue weighted by molar-refractivity contribution is 6.17. The van der Waals surface area contributed by atoms with Gasteiger partial charge in [-0.1, -0.05) is 20.8 Å². The van der Waals surface area contributed by atoms with Gasteiger partial charge in [0.2, 0.25) is 5.88 Å². The maximum Gasteiger partial charge on any atom is 0.294 e. The molecule has 164 valence electrons. The van der Waals surface area contributed by atoms with Crippen molar-refractivity contribution in [3.8, 4) is 17.1 Å². The second-order valence-corrected chi connectivity index (χ2v) is 8.43. The standard InChI is InChI=1S/C24H23N3O5/c1-24(2,3)21(29)18-19(16-6-5-10-25-22(16)31-4)27(23(30)20(18)28)15-7-8-17(26-12-15)14-9-11-32-13-14/h5-13,19,28H,1-4H3. The number of aliphatic hydroxyl groups is 1. The number of methoxy groups -OCH3 is 1. The van der Waals surface area contributed by atoms with Gasteiger partial charge < -0.3 is 14.3 Å². The van der Waals surface area contributed by atoms with E-state index in [9.17, 15) is 14.7 Å². The molecule has 4 rings (SSSR count). The van der Waals surface area contributed by atoms with Gasteiger partial charge in [0.1, 0.15) is 6.04 Å². The summed E-state index contributed by atoms with van der Waals surface area (Å²) in [6.45, 7) is 5.21. The second kappa shape index (κ2) is 7.96. The number of carbonyl (C=O) groups is 2. The van der Waals surface area contributed by atoms with Crippen molar-refractivity contribution in [3.63, 3.8) is 0 Å². The van der Waals surface area contributed by atoms with Gasteiger partial charge in [0.25, 0.3) is 5.91 Å². The van der Waals surface area contributed by atoms with Crippen LogP contribution < -0.4 is 9.64 Å². The van der Waals surface area contributed by atoms with E-state index < -0.39 is 23.1 Å². The van der Waals surface area contributed by atoms with Gasteiger partial charge in [-0.3, -0.25) is 19.5 Å². The molecule has 8 nitrogen and oxygen atoms in total. The summed E-state index contributed by atoms with van der Waals surface area (Å²) in [4.78, 5) is 36.5. The van der Waals surface area contributed by atoms with Crippen LogP contribution in [0.1, 0.15) is 32.4 Å². The molecule has 0 saturated heterocycles. The SMILES string of the molecule is COc1ncccc1C1C(C(=O)C(C)(C)C)=C(O)C(=O)N1c1ccc(-c2ccoc2)nc1. The third kappa shape index (κ3) is 3.53. The third-order valence-corrected chi connectivity index (χ3v) is 5.27. The topological polar surface area (TPSA) is 106 Å². The van der Waals surface area contributed by atoms with Gasteiger partial charge in [-0.25, -0.2) is 4.98 Å². The fraction of sp³-hybridized carbons (Fsp3) is 0.250. The van der Waals surface area contributed by atoms with E-state index in [-0.39, 0.29) is 17.2 Å². The number of ketones is 1. The van der Waals surface area contributed by atoms with Gasteiger partial charge in [0.15, 0.2) is 11.5 Å². The van der Waals surface area contributed by atoms with Gasteiger partial charge in [0.05, 0.1) is 42.8 Å². The predicted molar refractivity (Wildman–Crippen MR) is 117 cm³/mol. The zero-order chi connectivity index (χ0) is 23.0. The molecule has 1 unspecified atom stereocenters. The molecular formula is C24H23N3O5. The lowest BCUT2D eigenvalue weighted by atomic mass is 9.82. The van der Waals surface area contributed by atoms with Crippen molar-refractivity contribution in [2.45, 2.75) is 26.8 Å². The minimum atomic E-state index is -0.917. The van der Waals surface area contributed by atoms with Crippen molar-refractivity contribution >= 4 is 17.4 Å². The highest BCUT2D eigenvalue weighted by Crippen LogP contribution is 2.45.